The smallest absolute Gasteiger partial charge is 0.191 e. The van der Waals surface area contributed by atoms with Crippen molar-refractivity contribution in [1.82, 2.24) is 9.88 Å². The summed E-state index contributed by atoms with van der Waals surface area (Å²) in [6.45, 7) is 9.45. The molecule has 2 rings (SSSR count). The Morgan fingerprint density at radius 2 is 2.45 bits per heavy atom. The number of morpholine rings is 1. The van der Waals surface area contributed by atoms with Crippen LogP contribution in [0.2, 0.25) is 0 Å². The number of ether oxygens (including phenoxy) is 1. The summed E-state index contributed by atoms with van der Waals surface area (Å²) in [4.78, 5) is 11.2. The molecule has 5 nitrogen and oxygen atoms in total. The van der Waals surface area contributed by atoms with Gasteiger partial charge in [0.05, 0.1) is 23.4 Å². The molecule has 1 saturated heterocycles. The summed E-state index contributed by atoms with van der Waals surface area (Å²) in [5.74, 6) is 1.12. The van der Waals surface area contributed by atoms with Crippen molar-refractivity contribution in [3.05, 3.63) is 16.1 Å². The normalized spacial score (nSPS) is 20.7. The third-order valence-corrected chi connectivity index (χ3v) is 4.46. The Balaban J connectivity index is 1.82. The number of rotatable bonds is 4. The summed E-state index contributed by atoms with van der Waals surface area (Å²) in [6.07, 6.45) is 1.08. The van der Waals surface area contributed by atoms with Crippen LogP contribution in [-0.4, -0.2) is 48.2 Å². The number of aromatic nitrogens is 1. The van der Waals surface area contributed by atoms with Crippen LogP contribution in [0.1, 0.15) is 37.4 Å². The molecule has 1 unspecified atom stereocenters. The summed E-state index contributed by atoms with van der Waals surface area (Å²) < 4.78 is 5.50. The Morgan fingerprint density at radius 3 is 3.10 bits per heavy atom. The summed E-state index contributed by atoms with van der Waals surface area (Å²) >= 11 is 1.73. The zero-order valence-electron chi connectivity index (χ0n) is 12.5. The highest BCUT2D eigenvalue weighted by atomic mass is 32.1. The summed E-state index contributed by atoms with van der Waals surface area (Å²) in [5, 5.41) is 3.32. The second-order valence-corrected chi connectivity index (χ2v) is 6.34. The van der Waals surface area contributed by atoms with Crippen molar-refractivity contribution in [2.45, 2.75) is 39.2 Å². The lowest BCUT2D eigenvalue weighted by molar-refractivity contribution is 0.00530. The lowest BCUT2D eigenvalue weighted by atomic mass is 10.2. The number of guanidine groups is 1. The standard InChI is InChI=1S/C14H24N4OS/c1-10(2)13-17-12(9-20-13)4-5-16-14(15)18-6-7-19-11(3)8-18/h9-11H,4-8H2,1-3H3,(H2,15,16). The van der Waals surface area contributed by atoms with Crippen LogP contribution >= 0.6 is 11.3 Å². The highest BCUT2D eigenvalue weighted by molar-refractivity contribution is 7.09. The van der Waals surface area contributed by atoms with Crippen molar-refractivity contribution in [3.8, 4) is 0 Å². The van der Waals surface area contributed by atoms with Crippen molar-refractivity contribution in [1.29, 1.82) is 0 Å². The predicted molar refractivity (Wildman–Crippen MR) is 83.4 cm³/mol. The number of thiazole rings is 1. The van der Waals surface area contributed by atoms with E-state index in [1.165, 1.54) is 5.01 Å². The van der Waals surface area contributed by atoms with E-state index in [9.17, 15) is 0 Å². The Bertz CT molecular complexity index is 458. The van der Waals surface area contributed by atoms with Crippen molar-refractivity contribution in [2.24, 2.45) is 10.7 Å². The molecule has 1 aromatic heterocycles. The van der Waals surface area contributed by atoms with Gasteiger partial charge in [0.25, 0.3) is 0 Å². The van der Waals surface area contributed by atoms with Crippen molar-refractivity contribution in [3.63, 3.8) is 0 Å². The van der Waals surface area contributed by atoms with Crippen LogP contribution in [0.25, 0.3) is 0 Å². The molecule has 112 valence electrons. The molecule has 20 heavy (non-hydrogen) atoms. The highest BCUT2D eigenvalue weighted by Gasteiger charge is 2.17. The van der Waals surface area contributed by atoms with Gasteiger partial charge in [-0.25, -0.2) is 4.98 Å². The first-order chi connectivity index (χ1) is 9.56. The minimum atomic E-state index is 0.227. The van der Waals surface area contributed by atoms with E-state index in [2.05, 4.69) is 41.0 Å². The van der Waals surface area contributed by atoms with Gasteiger partial charge in [0.2, 0.25) is 0 Å². The van der Waals surface area contributed by atoms with E-state index >= 15 is 0 Å². The first kappa shape index (κ1) is 15.3. The van der Waals surface area contributed by atoms with Crippen LogP contribution in [0.15, 0.2) is 10.4 Å². The lowest BCUT2D eigenvalue weighted by Gasteiger charge is -2.31. The molecule has 1 fully saturated rings. The van der Waals surface area contributed by atoms with Crippen LogP contribution in [0.5, 0.6) is 0 Å². The molecule has 1 atom stereocenters. The van der Waals surface area contributed by atoms with E-state index in [0.29, 0.717) is 18.4 Å². The Hall–Kier alpha value is -1.14. The average Bonchev–Trinajstić information content (AvgIpc) is 2.87. The van der Waals surface area contributed by atoms with E-state index < -0.39 is 0 Å². The molecular weight excluding hydrogens is 272 g/mol. The number of nitrogens with zero attached hydrogens (tertiary/aromatic N) is 3. The molecule has 0 aliphatic carbocycles. The summed E-state index contributed by atoms with van der Waals surface area (Å²) in [5.41, 5.74) is 7.15. The average molecular weight is 296 g/mol. The van der Waals surface area contributed by atoms with Gasteiger partial charge in [-0.05, 0) is 6.92 Å². The minimum Gasteiger partial charge on any atom is -0.375 e. The summed E-state index contributed by atoms with van der Waals surface area (Å²) in [6, 6.07) is 0. The monoisotopic (exact) mass is 296 g/mol. The van der Waals surface area contributed by atoms with Crippen LogP contribution in [-0.2, 0) is 11.2 Å². The second-order valence-electron chi connectivity index (χ2n) is 5.45. The molecule has 0 radical (unpaired) electrons. The molecule has 2 N–H and O–H groups in total. The van der Waals surface area contributed by atoms with Gasteiger partial charge in [0.15, 0.2) is 5.96 Å². The predicted octanol–water partition coefficient (Wildman–Crippen LogP) is 1.84. The fourth-order valence-electron chi connectivity index (χ4n) is 2.11. The van der Waals surface area contributed by atoms with Crippen LogP contribution < -0.4 is 5.73 Å². The maximum atomic E-state index is 6.03. The number of nitrogens with two attached hydrogens (primary N) is 1. The topological polar surface area (TPSA) is 63.7 Å². The Kier molecular flexibility index (Phi) is 5.37. The van der Waals surface area contributed by atoms with Crippen molar-refractivity contribution < 1.29 is 4.74 Å². The van der Waals surface area contributed by atoms with Gasteiger partial charge >= 0.3 is 0 Å². The van der Waals surface area contributed by atoms with Crippen LogP contribution in [0.4, 0.5) is 0 Å². The maximum Gasteiger partial charge on any atom is 0.191 e. The van der Waals surface area contributed by atoms with Gasteiger partial charge in [-0.3, -0.25) is 4.99 Å². The fraction of sp³-hybridized carbons (Fsp3) is 0.714. The van der Waals surface area contributed by atoms with Crippen molar-refractivity contribution in [2.75, 3.05) is 26.2 Å². The number of aliphatic imine (C=N–C) groups is 1. The molecule has 0 saturated carbocycles. The Morgan fingerprint density at radius 1 is 1.65 bits per heavy atom. The lowest BCUT2D eigenvalue weighted by Crippen LogP contribution is -2.47. The number of hydrogen-bond acceptors (Lipinski definition) is 4. The van der Waals surface area contributed by atoms with E-state index in [0.717, 1.165) is 31.8 Å². The summed E-state index contributed by atoms with van der Waals surface area (Å²) in [7, 11) is 0. The van der Waals surface area contributed by atoms with Crippen LogP contribution in [0, 0.1) is 0 Å². The van der Waals surface area contributed by atoms with E-state index in [-0.39, 0.29) is 6.10 Å². The van der Waals surface area contributed by atoms with Gasteiger partial charge in [0.1, 0.15) is 0 Å². The molecule has 6 heteroatoms. The molecule has 1 aliphatic rings. The van der Waals surface area contributed by atoms with E-state index in [1.807, 2.05) is 0 Å². The molecule has 0 aromatic carbocycles. The maximum absolute atomic E-state index is 6.03. The van der Waals surface area contributed by atoms with Crippen LogP contribution in [0.3, 0.4) is 0 Å². The molecule has 0 bridgehead atoms. The number of hydrogen-bond donors (Lipinski definition) is 1. The SMILES string of the molecule is CC1CN(C(N)=NCCc2csc(C(C)C)n2)CCO1. The van der Waals surface area contributed by atoms with Gasteiger partial charge in [-0.15, -0.1) is 11.3 Å². The highest BCUT2D eigenvalue weighted by Crippen LogP contribution is 2.19. The third kappa shape index (κ3) is 4.18. The molecule has 0 amide bonds. The third-order valence-electron chi connectivity index (χ3n) is 3.27. The molecule has 2 heterocycles. The molecule has 0 spiro atoms. The molecule has 1 aliphatic heterocycles. The van der Waals surface area contributed by atoms with Crippen molar-refractivity contribution >= 4 is 17.3 Å². The minimum absolute atomic E-state index is 0.227. The molecule has 1 aromatic rings. The zero-order valence-corrected chi connectivity index (χ0v) is 13.3. The first-order valence-electron chi connectivity index (χ1n) is 7.17. The van der Waals surface area contributed by atoms with Gasteiger partial charge in [-0.1, -0.05) is 13.8 Å². The quantitative estimate of drug-likeness (QED) is 0.680. The first-order valence-corrected chi connectivity index (χ1v) is 8.05. The Labute approximate surface area is 124 Å². The van der Waals surface area contributed by atoms with Gasteiger partial charge in [0, 0.05) is 37.4 Å². The largest absolute Gasteiger partial charge is 0.375 e. The van der Waals surface area contributed by atoms with Gasteiger partial charge < -0.3 is 15.4 Å². The zero-order chi connectivity index (χ0) is 14.5. The fourth-order valence-corrected chi connectivity index (χ4v) is 2.98. The van der Waals surface area contributed by atoms with E-state index in [1.54, 1.807) is 11.3 Å². The molecular formula is C14H24N4OS. The van der Waals surface area contributed by atoms with Gasteiger partial charge in [-0.2, -0.15) is 0 Å². The second kappa shape index (κ2) is 7.04. The van der Waals surface area contributed by atoms with E-state index in [4.69, 9.17) is 10.5 Å².